The number of halogens is 1. The van der Waals surface area contributed by atoms with Gasteiger partial charge in [0.15, 0.2) is 11.6 Å². The highest BCUT2D eigenvalue weighted by molar-refractivity contribution is 5.78. The van der Waals surface area contributed by atoms with Crippen LogP contribution in [0.2, 0.25) is 0 Å². The van der Waals surface area contributed by atoms with Crippen molar-refractivity contribution in [1.82, 2.24) is 4.90 Å². The molecule has 0 radical (unpaired) electrons. The Labute approximate surface area is 126 Å². The summed E-state index contributed by atoms with van der Waals surface area (Å²) in [6.07, 6.45) is 0.761. The molecule has 118 valence electrons. The minimum absolute atomic E-state index is 0.00225. The molecule has 0 saturated heterocycles. The molecule has 2 N–H and O–H groups in total. The molecule has 1 amide bonds. The minimum Gasteiger partial charge on any atom is -0.494 e. The van der Waals surface area contributed by atoms with Gasteiger partial charge in [-0.05, 0) is 30.0 Å². The lowest BCUT2D eigenvalue weighted by molar-refractivity contribution is -0.134. The maximum absolute atomic E-state index is 13.7. The average molecular weight is 296 g/mol. The number of benzene rings is 1. The monoisotopic (exact) mass is 296 g/mol. The Kier molecular flexibility index (Phi) is 6.62. The van der Waals surface area contributed by atoms with Crippen molar-refractivity contribution >= 4 is 5.91 Å². The number of rotatable bonds is 7. The number of nitrogens with zero attached hydrogens (tertiary/aromatic N) is 1. The van der Waals surface area contributed by atoms with Gasteiger partial charge in [0.2, 0.25) is 5.91 Å². The molecular formula is C16H25FN2O2. The first kappa shape index (κ1) is 17.4. The van der Waals surface area contributed by atoms with E-state index < -0.39 is 5.82 Å². The third kappa shape index (κ3) is 5.01. The van der Waals surface area contributed by atoms with Gasteiger partial charge < -0.3 is 15.4 Å². The Morgan fingerprint density at radius 2 is 2.10 bits per heavy atom. The van der Waals surface area contributed by atoms with E-state index in [1.807, 2.05) is 0 Å². The van der Waals surface area contributed by atoms with Crippen LogP contribution in [-0.2, 0) is 11.3 Å². The lowest BCUT2D eigenvalue weighted by Gasteiger charge is -2.24. The van der Waals surface area contributed by atoms with Gasteiger partial charge in [-0.15, -0.1) is 0 Å². The van der Waals surface area contributed by atoms with E-state index in [1.54, 1.807) is 24.1 Å². The number of amides is 1. The molecule has 0 spiro atoms. The van der Waals surface area contributed by atoms with Crippen LogP contribution in [0.5, 0.6) is 5.75 Å². The van der Waals surface area contributed by atoms with Crippen molar-refractivity contribution in [3.8, 4) is 5.75 Å². The molecule has 0 aliphatic rings. The fourth-order valence-electron chi connectivity index (χ4n) is 2.34. The fourth-order valence-corrected chi connectivity index (χ4v) is 2.34. The van der Waals surface area contributed by atoms with Crippen LogP contribution in [0, 0.1) is 17.7 Å². The summed E-state index contributed by atoms with van der Waals surface area (Å²) in [4.78, 5) is 13.9. The maximum Gasteiger partial charge on any atom is 0.227 e. The molecule has 21 heavy (non-hydrogen) atoms. The van der Waals surface area contributed by atoms with Crippen molar-refractivity contribution in [2.45, 2.75) is 26.8 Å². The Balaban J connectivity index is 2.73. The van der Waals surface area contributed by atoms with Crippen molar-refractivity contribution < 1.29 is 13.9 Å². The van der Waals surface area contributed by atoms with E-state index in [4.69, 9.17) is 10.5 Å². The molecule has 0 aliphatic heterocycles. The normalized spacial score (nSPS) is 12.3. The number of ether oxygens (including phenoxy) is 1. The molecule has 1 unspecified atom stereocenters. The van der Waals surface area contributed by atoms with E-state index in [1.165, 1.54) is 13.2 Å². The molecule has 0 bridgehead atoms. The van der Waals surface area contributed by atoms with Gasteiger partial charge in [0.1, 0.15) is 0 Å². The van der Waals surface area contributed by atoms with Gasteiger partial charge in [-0.1, -0.05) is 19.9 Å². The summed E-state index contributed by atoms with van der Waals surface area (Å²) >= 11 is 0. The largest absolute Gasteiger partial charge is 0.494 e. The fraction of sp³-hybridized carbons (Fsp3) is 0.562. The molecule has 0 heterocycles. The number of nitrogens with two attached hydrogens (primary N) is 1. The summed E-state index contributed by atoms with van der Waals surface area (Å²) in [6.45, 7) is 4.82. The molecule has 1 rings (SSSR count). The second-order valence-electron chi connectivity index (χ2n) is 5.73. The first-order chi connectivity index (χ1) is 9.88. The summed E-state index contributed by atoms with van der Waals surface area (Å²) < 4.78 is 18.5. The molecule has 0 aliphatic carbocycles. The number of carbonyl (C=O) groups excluding carboxylic acids is 1. The highest BCUT2D eigenvalue weighted by Crippen LogP contribution is 2.19. The topological polar surface area (TPSA) is 55.6 Å². The van der Waals surface area contributed by atoms with Gasteiger partial charge in [0.25, 0.3) is 0 Å². The molecule has 5 heteroatoms. The molecule has 4 nitrogen and oxygen atoms in total. The number of hydrogen-bond donors (Lipinski definition) is 1. The van der Waals surface area contributed by atoms with Crippen LogP contribution in [0.4, 0.5) is 4.39 Å². The molecule has 0 fully saturated rings. The Morgan fingerprint density at radius 3 is 2.57 bits per heavy atom. The minimum atomic E-state index is -0.423. The summed E-state index contributed by atoms with van der Waals surface area (Å²) in [5.41, 5.74) is 6.42. The number of carbonyl (C=O) groups is 1. The predicted octanol–water partition coefficient (Wildman–Crippen LogP) is 2.41. The van der Waals surface area contributed by atoms with Crippen LogP contribution in [0.3, 0.4) is 0 Å². The van der Waals surface area contributed by atoms with Crippen molar-refractivity contribution in [3.05, 3.63) is 29.6 Å². The Hall–Kier alpha value is -1.62. The van der Waals surface area contributed by atoms with E-state index in [0.29, 0.717) is 19.0 Å². The van der Waals surface area contributed by atoms with Gasteiger partial charge >= 0.3 is 0 Å². The van der Waals surface area contributed by atoms with Crippen LogP contribution in [0.25, 0.3) is 0 Å². The van der Waals surface area contributed by atoms with Crippen molar-refractivity contribution in [2.24, 2.45) is 17.6 Å². The highest BCUT2D eigenvalue weighted by atomic mass is 19.1. The molecule has 1 aromatic carbocycles. The van der Waals surface area contributed by atoms with Crippen LogP contribution in [-0.4, -0.2) is 31.5 Å². The van der Waals surface area contributed by atoms with E-state index >= 15 is 0 Å². The van der Waals surface area contributed by atoms with Gasteiger partial charge in [0.05, 0.1) is 13.0 Å². The first-order valence-corrected chi connectivity index (χ1v) is 7.16. The Morgan fingerprint density at radius 1 is 1.43 bits per heavy atom. The van der Waals surface area contributed by atoms with E-state index in [9.17, 15) is 9.18 Å². The zero-order chi connectivity index (χ0) is 16.0. The Bertz CT molecular complexity index is 477. The highest BCUT2D eigenvalue weighted by Gasteiger charge is 2.22. The van der Waals surface area contributed by atoms with Crippen molar-refractivity contribution in [1.29, 1.82) is 0 Å². The van der Waals surface area contributed by atoms with Gasteiger partial charge in [-0.3, -0.25) is 4.79 Å². The van der Waals surface area contributed by atoms with Crippen LogP contribution in [0.15, 0.2) is 18.2 Å². The van der Waals surface area contributed by atoms with Gasteiger partial charge in [-0.25, -0.2) is 4.39 Å². The zero-order valence-electron chi connectivity index (χ0n) is 13.2. The third-order valence-electron chi connectivity index (χ3n) is 3.40. The zero-order valence-corrected chi connectivity index (χ0v) is 13.2. The lowest BCUT2D eigenvalue weighted by atomic mass is 9.96. The molecule has 0 aromatic heterocycles. The SMILES string of the molecule is COc1ccc(CN(C)C(=O)C(CN)CC(C)C)cc1F. The van der Waals surface area contributed by atoms with Crippen LogP contribution in [0.1, 0.15) is 25.8 Å². The van der Waals surface area contributed by atoms with E-state index in [2.05, 4.69) is 13.8 Å². The molecule has 1 atom stereocenters. The smallest absolute Gasteiger partial charge is 0.227 e. The lowest BCUT2D eigenvalue weighted by Crippen LogP contribution is -2.37. The van der Waals surface area contributed by atoms with Gasteiger partial charge in [-0.2, -0.15) is 0 Å². The molecular weight excluding hydrogens is 271 g/mol. The molecule has 0 saturated carbocycles. The predicted molar refractivity (Wildman–Crippen MR) is 81.4 cm³/mol. The number of methoxy groups -OCH3 is 1. The standard InChI is InChI=1S/C16H25FN2O2/c1-11(2)7-13(9-18)16(20)19(3)10-12-5-6-15(21-4)14(17)8-12/h5-6,8,11,13H,7,9-10,18H2,1-4H3. The first-order valence-electron chi connectivity index (χ1n) is 7.16. The quantitative estimate of drug-likeness (QED) is 0.840. The summed E-state index contributed by atoms with van der Waals surface area (Å²) in [7, 11) is 3.14. The summed E-state index contributed by atoms with van der Waals surface area (Å²) in [5, 5.41) is 0. The average Bonchev–Trinajstić information content (AvgIpc) is 2.44. The summed E-state index contributed by atoms with van der Waals surface area (Å²) in [5.74, 6) is 0.00984. The van der Waals surface area contributed by atoms with Crippen LogP contribution >= 0.6 is 0 Å². The summed E-state index contributed by atoms with van der Waals surface area (Å²) in [6, 6.07) is 4.71. The van der Waals surface area contributed by atoms with Crippen molar-refractivity contribution in [2.75, 3.05) is 20.7 Å². The van der Waals surface area contributed by atoms with E-state index in [-0.39, 0.29) is 17.6 Å². The molecule has 1 aromatic rings. The van der Waals surface area contributed by atoms with Crippen LogP contribution < -0.4 is 10.5 Å². The van der Waals surface area contributed by atoms with Crippen molar-refractivity contribution in [3.63, 3.8) is 0 Å². The second kappa shape index (κ2) is 7.98. The van der Waals surface area contributed by atoms with Gasteiger partial charge in [0, 0.05) is 20.1 Å². The van der Waals surface area contributed by atoms with E-state index in [0.717, 1.165) is 12.0 Å². The third-order valence-corrected chi connectivity index (χ3v) is 3.40. The maximum atomic E-state index is 13.7. The second-order valence-corrected chi connectivity index (χ2v) is 5.73. The number of hydrogen-bond acceptors (Lipinski definition) is 3.